The Labute approximate surface area is 125 Å². The lowest BCUT2D eigenvalue weighted by molar-refractivity contribution is 0.437. The van der Waals surface area contributed by atoms with E-state index in [1.165, 1.54) is 12.8 Å². The molecule has 0 aliphatic carbocycles. The molecule has 2 rings (SSSR count). The summed E-state index contributed by atoms with van der Waals surface area (Å²) in [4.78, 5) is 14.3. The van der Waals surface area contributed by atoms with Gasteiger partial charge in [-0.1, -0.05) is 13.3 Å². The van der Waals surface area contributed by atoms with Gasteiger partial charge in [-0.15, -0.1) is 11.6 Å². The van der Waals surface area contributed by atoms with Gasteiger partial charge in [-0.3, -0.25) is 4.79 Å². The van der Waals surface area contributed by atoms with Gasteiger partial charge in [-0.25, -0.2) is 4.68 Å². The lowest BCUT2D eigenvalue weighted by atomic mass is 9.99. The van der Waals surface area contributed by atoms with E-state index in [9.17, 15) is 4.79 Å². The van der Waals surface area contributed by atoms with Crippen molar-refractivity contribution in [1.29, 1.82) is 0 Å². The van der Waals surface area contributed by atoms with Crippen molar-refractivity contribution in [3.63, 3.8) is 0 Å². The van der Waals surface area contributed by atoms with E-state index in [2.05, 4.69) is 16.9 Å². The number of halogens is 1. The molecule has 0 saturated carbocycles. The molecular weight excluding hydrogens is 274 g/mol. The van der Waals surface area contributed by atoms with Gasteiger partial charge < -0.3 is 4.90 Å². The second-order valence-corrected chi connectivity index (χ2v) is 6.07. The van der Waals surface area contributed by atoms with E-state index in [1.54, 1.807) is 10.7 Å². The Balaban J connectivity index is 1.93. The predicted octanol–water partition coefficient (Wildman–Crippen LogP) is 2.89. The number of piperidine rings is 1. The summed E-state index contributed by atoms with van der Waals surface area (Å²) in [5.41, 5.74) is 0.978. The lowest BCUT2D eigenvalue weighted by Crippen LogP contribution is -2.34. The van der Waals surface area contributed by atoms with Crippen molar-refractivity contribution in [2.24, 2.45) is 5.92 Å². The SMILES string of the molecule is CC1CCN(c2cnn(CCCCCCl)c(=O)c2)CC1. The predicted molar refractivity (Wildman–Crippen MR) is 83.7 cm³/mol. The molecule has 0 bridgehead atoms. The van der Waals surface area contributed by atoms with Crippen molar-refractivity contribution < 1.29 is 0 Å². The summed E-state index contributed by atoms with van der Waals surface area (Å²) in [5, 5.41) is 4.30. The van der Waals surface area contributed by atoms with Gasteiger partial charge in [0.05, 0.1) is 11.9 Å². The summed E-state index contributed by atoms with van der Waals surface area (Å²) in [6, 6.07) is 1.73. The van der Waals surface area contributed by atoms with Gasteiger partial charge in [0.25, 0.3) is 5.56 Å². The topological polar surface area (TPSA) is 38.1 Å². The molecule has 1 aromatic heterocycles. The number of rotatable bonds is 6. The second kappa shape index (κ2) is 7.67. The third kappa shape index (κ3) is 4.23. The van der Waals surface area contributed by atoms with Crippen molar-refractivity contribution in [1.82, 2.24) is 9.78 Å². The van der Waals surface area contributed by atoms with Crippen LogP contribution in [-0.4, -0.2) is 28.8 Å². The molecule has 0 amide bonds. The minimum atomic E-state index is 0.00648. The van der Waals surface area contributed by atoms with E-state index in [0.717, 1.165) is 44.0 Å². The smallest absolute Gasteiger partial charge is 0.268 e. The number of unbranched alkanes of at least 4 members (excludes halogenated alkanes) is 2. The van der Waals surface area contributed by atoms with Crippen LogP contribution in [0.5, 0.6) is 0 Å². The van der Waals surface area contributed by atoms with Crippen molar-refractivity contribution >= 4 is 17.3 Å². The fourth-order valence-electron chi connectivity index (χ4n) is 2.56. The molecule has 0 radical (unpaired) electrons. The highest BCUT2D eigenvalue weighted by molar-refractivity contribution is 6.17. The summed E-state index contributed by atoms with van der Waals surface area (Å²) in [5.74, 6) is 1.48. The molecule has 20 heavy (non-hydrogen) atoms. The Morgan fingerprint density at radius 2 is 2.05 bits per heavy atom. The third-order valence-corrected chi connectivity index (χ3v) is 4.27. The van der Waals surface area contributed by atoms with E-state index in [1.807, 2.05) is 6.20 Å². The average Bonchev–Trinajstić information content (AvgIpc) is 2.46. The number of aryl methyl sites for hydroxylation is 1. The Kier molecular flexibility index (Phi) is 5.89. The zero-order valence-corrected chi connectivity index (χ0v) is 13.0. The first-order valence-electron chi connectivity index (χ1n) is 7.59. The van der Waals surface area contributed by atoms with Crippen LogP contribution in [0.25, 0.3) is 0 Å². The molecule has 1 fully saturated rings. The normalized spacial score (nSPS) is 16.6. The number of hydrogen-bond acceptors (Lipinski definition) is 3. The number of nitrogens with zero attached hydrogens (tertiary/aromatic N) is 3. The molecule has 4 nitrogen and oxygen atoms in total. The van der Waals surface area contributed by atoms with Crippen molar-refractivity contribution in [2.45, 2.75) is 45.6 Å². The molecule has 5 heteroatoms. The molecule has 0 aromatic carbocycles. The summed E-state index contributed by atoms with van der Waals surface area (Å²) in [6.45, 7) is 5.03. The van der Waals surface area contributed by atoms with Gasteiger partial charge in [0.15, 0.2) is 0 Å². The molecule has 112 valence electrons. The number of aromatic nitrogens is 2. The standard InChI is InChI=1S/C15H24ClN3O/c1-13-5-9-18(10-6-13)14-11-15(20)19(17-12-14)8-4-2-3-7-16/h11-13H,2-10H2,1H3. The Hall–Kier alpha value is -1.03. The van der Waals surface area contributed by atoms with Gasteiger partial charge >= 0.3 is 0 Å². The van der Waals surface area contributed by atoms with Crippen molar-refractivity contribution in [3.8, 4) is 0 Å². The van der Waals surface area contributed by atoms with Crippen molar-refractivity contribution in [3.05, 3.63) is 22.6 Å². The van der Waals surface area contributed by atoms with Crippen LogP contribution in [0.15, 0.2) is 17.1 Å². The zero-order valence-electron chi connectivity index (χ0n) is 12.2. The minimum Gasteiger partial charge on any atom is -0.370 e. The molecule has 0 N–H and O–H groups in total. The van der Waals surface area contributed by atoms with Gasteiger partial charge in [0.2, 0.25) is 0 Å². The van der Waals surface area contributed by atoms with Gasteiger partial charge in [0, 0.05) is 31.6 Å². The first-order valence-corrected chi connectivity index (χ1v) is 8.12. The van der Waals surface area contributed by atoms with E-state index >= 15 is 0 Å². The Morgan fingerprint density at radius 1 is 1.30 bits per heavy atom. The maximum atomic E-state index is 12.1. The molecule has 1 aliphatic rings. The van der Waals surface area contributed by atoms with Crippen LogP contribution in [-0.2, 0) is 6.54 Å². The highest BCUT2D eigenvalue weighted by atomic mass is 35.5. The van der Waals surface area contributed by atoms with Crippen LogP contribution < -0.4 is 10.5 Å². The molecule has 2 heterocycles. The van der Waals surface area contributed by atoms with Crippen molar-refractivity contribution in [2.75, 3.05) is 23.9 Å². The fraction of sp³-hybridized carbons (Fsp3) is 0.733. The molecule has 0 unspecified atom stereocenters. The van der Waals surface area contributed by atoms with Gasteiger partial charge in [-0.2, -0.15) is 5.10 Å². The van der Waals surface area contributed by atoms with Crippen LogP contribution in [0.3, 0.4) is 0 Å². The maximum absolute atomic E-state index is 12.1. The average molecular weight is 298 g/mol. The van der Waals surface area contributed by atoms with E-state index < -0.39 is 0 Å². The van der Waals surface area contributed by atoms with Gasteiger partial charge in [0.1, 0.15) is 0 Å². The highest BCUT2D eigenvalue weighted by Gasteiger charge is 2.16. The summed E-state index contributed by atoms with van der Waals surface area (Å²) < 4.78 is 1.56. The quantitative estimate of drug-likeness (QED) is 0.598. The minimum absolute atomic E-state index is 0.00648. The molecule has 1 aromatic rings. The van der Waals surface area contributed by atoms with E-state index in [0.29, 0.717) is 12.4 Å². The zero-order chi connectivity index (χ0) is 14.4. The highest BCUT2D eigenvalue weighted by Crippen LogP contribution is 2.20. The third-order valence-electron chi connectivity index (χ3n) is 4.01. The van der Waals surface area contributed by atoms with Crippen LogP contribution in [0.4, 0.5) is 5.69 Å². The van der Waals surface area contributed by atoms with Crippen LogP contribution >= 0.6 is 11.6 Å². The molecule has 1 aliphatic heterocycles. The lowest BCUT2D eigenvalue weighted by Gasteiger charge is -2.31. The summed E-state index contributed by atoms with van der Waals surface area (Å²) in [6.07, 6.45) is 7.23. The molecule has 1 saturated heterocycles. The van der Waals surface area contributed by atoms with Crippen LogP contribution in [0.2, 0.25) is 0 Å². The van der Waals surface area contributed by atoms with E-state index in [4.69, 9.17) is 11.6 Å². The number of hydrogen-bond donors (Lipinski definition) is 0. The summed E-state index contributed by atoms with van der Waals surface area (Å²) in [7, 11) is 0. The summed E-state index contributed by atoms with van der Waals surface area (Å²) >= 11 is 5.64. The van der Waals surface area contributed by atoms with Gasteiger partial charge in [-0.05, 0) is 31.6 Å². The monoisotopic (exact) mass is 297 g/mol. The molecule has 0 spiro atoms. The van der Waals surface area contributed by atoms with Crippen LogP contribution in [0, 0.1) is 5.92 Å². The second-order valence-electron chi connectivity index (χ2n) is 5.69. The Morgan fingerprint density at radius 3 is 2.70 bits per heavy atom. The molecular formula is C15H24ClN3O. The largest absolute Gasteiger partial charge is 0.370 e. The first-order chi connectivity index (χ1) is 9.70. The number of anilines is 1. The van der Waals surface area contributed by atoms with Crippen LogP contribution in [0.1, 0.15) is 39.0 Å². The molecule has 0 atom stereocenters. The maximum Gasteiger partial charge on any atom is 0.268 e. The first kappa shape index (κ1) is 15.4. The fourth-order valence-corrected chi connectivity index (χ4v) is 2.75. The number of alkyl halides is 1. The Bertz CT molecular complexity index is 466. The van der Waals surface area contributed by atoms with E-state index in [-0.39, 0.29) is 5.56 Å².